The minimum Gasteiger partial charge on any atom is -0.454 e. The third-order valence-electron chi connectivity index (χ3n) is 4.93. The van der Waals surface area contributed by atoms with Crippen molar-refractivity contribution in [1.29, 1.82) is 0 Å². The van der Waals surface area contributed by atoms with Crippen LogP contribution in [-0.4, -0.2) is 59.1 Å². The number of esters is 1. The number of Topliss-reactive ketones (excluding diaryl/α,β-unsaturated/α-hetero) is 1. The zero-order chi connectivity index (χ0) is 23.4. The number of hydrogen-bond acceptors (Lipinski definition) is 7. The lowest BCUT2D eigenvalue weighted by molar-refractivity contribution is 0.0474. The van der Waals surface area contributed by atoms with Gasteiger partial charge in [-0.1, -0.05) is 13.0 Å². The third kappa shape index (κ3) is 5.41. The molecule has 1 N–H and O–H groups in total. The standard InChI is InChI=1S/C21H24N2O7S2/c1-2-22-31(26,27)19-7-5-6-17(14-19)21(25)30-15-20(24)16-8-10-18(11-9-16)32(28,29)23-12-3-4-13-23/h5-11,14,22H,2-4,12-13,15H2,1H3. The fourth-order valence-corrected chi connectivity index (χ4v) is 5.86. The van der Waals surface area contributed by atoms with E-state index in [0.717, 1.165) is 12.8 Å². The van der Waals surface area contributed by atoms with E-state index in [2.05, 4.69) is 4.72 Å². The minimum absolute atomic E-state index is 0.0103. The molecule has 1 aliphatic rings. The second-order valence-corrected chi connectivity index (χ2v) is 10.9. The van der Waals surface area contributed by atoms with E-state index in [-0.39, 0.29) is 27.5 Å². The van der Waals surface area contributed by atoms with Gasteiger partial charge in [0.1, 0.15) is 0 Å². The Morgan fingerprint density at radius 3 is 2.22 bits per heavy atom. The summed E-state index contributed by atoms with van der Waals surface area (Å²) in [6, 6.07) is 10.8. The summed E-state index contributed by atoms with van der Waals surface area (Å²) in [5.41, 5.74) is 0.186. The van der Waals surface area contributed by atoms with Gasteiger partial charge in [-0.3, -0.25) is 4.79 Å². The number of rotatable bonds is 9. The number of ketones is 1. The van der Waals surface area contributed by atoms with Crippen LogP contribution in [0.25, 0.3) is 0 Å². The first kappa shape index (κ1) is 24.1. The maximum Gasteiger partial charge on any atom is 0.338 e. The van der Waals surface area contributed by atoms with E-state index in [0.29, 0.717) is 13.1 Å². The number of nitrogens with one attached hydrogen (secondary N) is 1. The van der Waals surface area contributed by atoms with Gasteiger partial charge in [0.05, 0.1) is 15.4 Å². The van der Waals surface area contributed by atoms with Crippen LogP contribution >= 0.6 is 0 Å². The quantitative estimate of drug-likeness (QED) is 0.428. The SMILES string of the molecule is CCNS(=O)(=O)c1cccc(C(=O)OCC(=O)c2ccc(S(=O)(=O)N3CCCC3)cc2)c1. The highest BCUT2D eigenvalue weighted by molar-refractivity contribution is 7.89. The molecule has 0 bridgehead atoms. The van der Waals surface area contributed by atoms with E-state index in [1.54, 1.807) is 6.92 Å². The van der Waals surface area contributed by atoms with Gasteiger partial charge in [-0.05, 0) is 55.3 Å². The second kappa shape index (κ2) is 9.90. The molecule has 0 aromatic heterocycles. The van der Waals surface area contributed by atoms with Crippen molar-refractivity contribution in [3.05, 3.63) is 59.7 Å². The number of carbonyl (C=O) groups is 2. The summed E-state index contributed by atoms with van der Waals surface area (Å²) in [5, 5.41) is 0. The molecule has 0 spiro atoms. The summed E-state index contributed by atoms with van der Waals surface area (Å²) >= 11 is 0. The average molecular weight is 481 g/mol. The molecule has 11 heteroatoms. The summed E-state index contributed by atoms with van der Waals surface area (Å²) in [7, 11) is -7.32. The third-order valence-corrected chi connectivity index (χ3v) is 8.38. The van der Waals surface area contributed by atoms with E-state index < -0.39 is 38.4 Å². The molecule has 2 aromatic carbocycles. The number of ether oxygens (including phenoxy) is 1. The highest BCUT2D eigenvalue weighted by Gasteiger charge is 2.27. The molecular formula is C21H24N2O7S2. The predicted molar refractivity (Wildman–Crippen MR) is 116 cm³/mol. The van der Waals surface area contributed by atoms with E-state index in [9.17, 15) is 26.4 Å². The lowest BCUT2D eigenvalue weighted by Crippen LogP contribution is -2.27. The first-order valence-corrected chi connectivity index (χ1v) is 13.0. The molecule has 1 aliphatic heterocycles. The summed E-state index contributed by atoms with van der Waals surface area (Å²) in [6.07, 6.45) is 1.65. The van der Waals surface area contributed by atoms with Crippen molar-refractivity contribution in [2.75, 3.05) is 26.2 Å². The Morgan fingerprint density at radius 2 is 1.59 bits per heavy atom. The van der Waals surface area contributed by atoms with Gasteiger partial charge in [0.15, 0.2) is 12.4 Å². The molecule has 0 atom stereocenters. The van der Waals surface area contributed by atoms with Crippen molar-refractivity contribution in [3.63, 3.8) is 0 Å². The fraction of sp³-hybridized carbons (Fsp3) is 0.333. The fourth-order valence-electron chi connectivity index (χ4n) is 3.25. The topological polar surface area (TPSA) is 127 Å². The van der Waals surface area contributed by atoms with Gasteiger partial charge in [0.2, 0.25) is 20.0 Å². The van der Waals surface area contributed by atoms with Crippen LogP contribution in [0.3, 0.4) is 0 Å². The van der Waals surface area contributed by atoms with E-state index in [1.165, 1.54) is 52.8 Å². The molecule has 1 fully saturated rings. The van der Waals surface area contributed by atoms with Crippen molar-refractivity contribution in [3.8, 4) is 0 Å². The Bertz CT molecular complexity index is 1200. The van der Waals surface area contributed by atoms with E-state index in [1.807, 2.05) is 0 Å². The van der Waals surface area contributed by atoms with Crippen molar-refractivity contribution in [2.24, 2.45) is 0 Å². The minimum atomic E-state index is -3.74. The maximum absolute atomic E-state index is 12.6. The largest absolute Gasteiger partial charge is 0.454 e. The molecule has 1 saturated heterocycles. The van der Waals surface area contributed by atoms with Crippen LogP contribution in [0.15, 0.2) is 58.3 Å². The molecule has 0 amide bonds. The Hall–Kier alpha value is -2.60. The summed E-state index contributed by atoms with van der Waals surface area (Å²) in [4.78, 5) is 24.7. The lowest BCUT2D eigenvalue weighted by atomic mass is 10.1. The molecule has 0 unspecified atom stereocenters. The number of nitrogens with zero attached hydrogens (tertiary/aromatic N) is 1. The Labute approximate surface area is 187 Å². The van der Waals surface area contributed by atoms with Crippen LogP contribution < -0.4 is 4.72 Å². The zero-order valence-electron chi connectivity index (χ0n) is 17.5. The highest BCUT2D eigenvalue weighted by atomic mass is 32.2. The molecular weight excluding hydrogens is 456 g/mol. The first-order valence-electron chi connectivity index (χ1n) is 10.1. The van der Waals surface area contributed by atoms with Gasteiger partial charge in [-0.15, -0.1) is 0 Å². The molecule has 9 nitrogen and oxygen atoms in total. The van der Waals surface area contributed by atoms with E-state index >= 15 is 0 Å². The Morgan fingerprint density at radius 1 is 0.938 bits per heavy atom. The van der Waals surface area contributed by atoms with Crippen LogP contribution in [0.4, 0.5) is 0 Å². The number of benzene rings is 2. The normalized spacial score (nSPS) is 14.9. The molecule has 2 aromatic rings. The van der Waals surface area contributed by atoms with Gasteiger partial charge in [-0.25, -0.2) is 26.4 Å². The van der Waals surface area contributed by atoms with Gasteiger partial charge in [-0.2, -0.15) is 4.31 Å². The molecule has 32 heavy (non-hydrogen) atoms. The van der Waals surface area contributed by atoms with Crippen LogP contribution in [0.5, 0.6) is 0 Å². The average Bonchev–Trinajstić information content (AvgIpc) is 3.33. The molecule has 0 aliphatic carbocycles. The molecule has 3 rings (SSSR count). The second-order valence-electron chi connectivity index (χ2n) is 7.16. The van der Waals surface area contributed by atoms with Crippen LogP contribution in [0.1, 0.15) is 40.5 Å². The zero-order valence-corrected chi connectivity index (χ0v) is 19.1. The van der Waals surface area contributed by atoms with Gasteiger partial charge >= 0.3 is 5.97 Å². The number of carbonyl (C=O) groups excluding carboxylic acids is 2. The first-order chi connectivity index (χ1) is 15.1. The van der Waals surface area contributed by atoms with E-state index in [4.69, 9.17) is 4.74 Å². The van der Waals surface area contributed by atoms with Gasteiger partial charge in [0, 0.05) is 25.2 Å². The van der Waals surface area contributed by atoms with Crippen molar-refractivity contribution in [1.82, 2.24) is 9.03 Å². The summed E-state index contributed by atoms with van der Waals surface area (Å²) < 4.78 is 58.0. The van der Waals surface area contributed by atoms with Crippen LogP contribution in [-0.2, 0) is 24.8 Å². The predicted octanol–water partition coefficient (Wildman–Crippen LogP) is 1.81. The number of hydrogen-bond donors (Lipinski definition) is 1. The highest BCUT2D eigenvalue weighted by Crippen LogP contribution is 2.21. The van der Waals surface area contributed by atoms with Gasteiger partial charge in [0.25, 0.3) is 0 Å². The van der Waals surface area contributed by atoms with Crippen molar-refractivity contribution >= 4 is 31.8 Å². The molecule has 0 radical (unpaired) electrons. The summed E-state index contributed by atoms with van der Waals surface area (Å²) in [6.45, 7) is 2.23. The van der Waals surface area contributed by atoms with Crippen molar-refractivity contribution in [2.45, 2.75) is 29.6 Å². The summed E-state index contributed by atoms with van der Waals surface area (Å²) in [5.74, 6) is -1.36. The van der Waals surface area contributed by atoms with Gasteiger partial charge < -0.3 is 4.74 Å². The Balaban J connectivity index is 1.64. The smallest absolute Gasteiger partial charge is 0.338 e. The number of sulfonamides is 2. The molecule has 1 heterocycles. The van der Waals surface area contributed by atoms with Crippen LogP contribution in [0, 0.1) is 0 Å². The van der Waals surface area contributed by atoms with Crippen molar-refractivity contribution < 1.29 is 31.2 Å². The molecule has 0 saturated carbocycles. The van der Waals surface area contributed by atoms with Crippen LogP contribution in [0.2, 0.25) is 0 Å². The molecule has 172 valence electrons. The maximum atomic E-state index is 12.6. The monoisotopic (exact) mass is 480 g/mol. The lowest BCUT2D eigenvalue weighted by Gasteiger charge is -2.15. The Kier molecular flexibility index (Phi) is 7.44.